The molecule has 0 aliphatic carbocycles. The molecule has 2 heterocycles. The first-order valence-electron chi connectivity index (χ1n) is 8.54. The highest BCUT2D eigenvalue weighted by molar-refractivity contribution is 5.77. The minimum absolute atomic E-state index is 0.0133. The van der Waals surface area contributed by atoms with E-state index in [-0.39, 0.29) is 17.9 Å². The molecule has 2 saturated heterocycles. The first kappa shape index (κ1) is 17.1. The van der Waals surface area contributed by atoms with Crippen molar-refractivity contribution >= 4 is 11.9 Å². The SMILES string of the molecule is CC(C)CNC(=O)N1CCCC(CC(=O)NCC2CNC2)C1. The molecule has 2 aliphatic heterocycles. The highest BCUT2D eigenvalue weighted by Gasteiger charge is 2.25. The fourth-order valence-electron chi connectivity index (χ4n) is 2.90. The predicted octanol–water partition coefficient (Wildman–Crippen LogP) is 0.790. The van der Waals surface area contributed by atoms with Gasteiger partial charge in [-0.1, -0.05) is 13.8 Å². The summed E-state index contributed by atoms with van der Waals surface area (Å²) in [5.74, 6) is 1.46. The lowest BCUT2D eigenvalue weighted by Gasteiger charge is -2.33. The lowest BCUT2D eigenvalue weighted by atomic mass is 9.94. The standard InChI is InChI=1S/C16H30N4O2/c1-12(2)7-19-16(22)20-5-3-4-13(11-20)6-15(21)18-10-14-8-17-9-14/h12-14,17H,3-11H2,1-2H3,(H,18,21)(H,19,22). The Balaban J connectivity index is 1.67. The fourth-order valence-corrected chi connectivity index (χ4v) is 2.90. The van der Waals surface area contributed by atoms with Crippen LogP contribution in [0.25, 0.3) is 0 Å². The average Bonchev–Trinajstić information content (AvgIpc) is 2.43. The Morgan fingerprint density at radius 3 is 2.64 bits per heavy atom. The zero-order chi connectivity index (χ0) is 15.9. The normalized spacial score (nSPS) is 22.3. The van der Waals surface area contributed by atoms with Gasteiger partial charge in [0.15, 0.2) is 0 Å². The third kappa shape index (κ3) is 5.48. The van der Waals surface area contributed by atoms with E-state index in [2.05, 4.69) is 29.8 Å². The van der Waals surface area contributed by atoms with Crippen LogP contribution in [-0.4, -0.2) is 56.1 Å². The van der Waals surface area contributed by atoms with Gasteiger partial charge < -0.3 is 20.9 Å². The number of piperidine rings is 1. The summed E-state index contributed by atoms with van der Waals surface area (Å²) >= 11 is 0. The molecule has 0 aromatic carbocycles. The van der Waals surface area contributed by atoms with Gasteiger partial charge in [-0.15, -0.1) is 0 Å². The summed E-state index contributed by atoms with van der Waals surface area (Å²) in [7, 11) is 0. The Labute approximate surface area is 133 Å². The van der Waals surface area contributed by atoms with Crippen LogP contribution in [0.4, 0.5) is 4.79 Å². The molecule has 126 valence electrons. The number of nitrogens with zero attached hydrogens (tertiary/aromatic N) is 1. The second-order valence-corrected chi connectivity index (χ2v) is 7.07. The van der Waals surface area contributed by atoms with Crippen molar-refractivity contribution in [1.82, 2.24) is 20.9 Å². The van der Waals surface area contributed by atoms with Crippen LogP contribution < -0.4 is 16.0 Å². The summed E-state index contributed by atoms with van der Waals surface area (Å²) in [4.78, 5) is 26.0. The van der Waals surface area contributed by atoms with Crippen LogP contribution >= 0.6 is 0 Å². The van der Waals surface area contributed by atoms with Crippen LogP contribution in [-0.2, 0) is 4.79 Å². The summed E-state index contributed by atoms with van der Waals surface area (Å²) < 4.78 is 0. The maximum atomic E-state index is 12.1. The van der Waals surface area contributed by atoms with Gasteiger partial charge >= 0.3 is 6.03 Å². The van der Waals surface area contributed by atoms with Gasteiger partial charge in [0.2, 0.25) is 5.91 Å². The van der Waals surface area contributed by atoms with Crippen LogP contribution in [0.15, 0.2) is 0 Å². The molecule has 0 bridgehead atoms. The summed E-state index contributed by atoms with van der Waals surface area (Å²) in [6, 6.07) is 0.0133. The van der Waals surface area contributed by atoms with E-state index in [1.165, 1.54) is 0 Å². The third-order valence-corrected chi connectivity index (χ3v) is 4.40. The van der Waals surface area contributed by atoms with Crippen molar-refractivity contribution in [3.8, 4) is 0 Å². The minimum Gasteiger partial charge on any atom is -0.356 e. The first-order chi connectivity index (χ1) is 10.5. The van der Waals surface area contributed by atoms with E-state index in [4.69, 9.17) is 0 Å². The van der Waals surface area contributed by atoms with Gasteiger partial charge in [-0.2, -0.15) is 0 Å². The predicted molar refractivity (Wildman–Crippen MR) is 86.5 cm³/mol. The fraction of sp³-hybridized carbons (Fsp3) is 0.875. The molecule has 2 aliphatic rings. The van der Waals surface area contributed by atoms with Gasteiger partial charge in [-0.25, -0.2) is 4.79 Å². The van der Waals surface area contributed by atoms with E-state index in [0.29, 0.717) is 31.3 Å². The third-order valence-electron chi connectivity index (χ3n) is 4.40. The number of urea groups is 1. The van der Waals surface area contributed by atoms with E-state index >= 15 is 0 Å². The summed E-state index contributed by atoms with van der Waals surface area (Å²) in [6.45, 7) is 9.16. The number of amides is 3. The summed E-state index contributed by atoms with van der Waals surface area (Å²) in [6.07, 6.45) is 2.56. The maximum Gasteiger partial charge on any atom is 0.317 e. The van der Waals surface area contributed by atoms with Crippen molar-refractivity contribution in [3.05, 3.63) is 0 Å². The maximum absolute atomic E-state index is 12.1. The second-order valence-electron chi connectivity index (χ2n) is 7.07. The topological polar surface area (TPSA) is 73.5 Å². The smallest absolute Gasteiger partial charge is 0.317 e. The zero-order valence-electron chi connectivity index (χ0n) is 13.9. The Morgan fingerprint density at radius 2 is 2.00 bits per heavy atom. The number of carbonyl (C=O) groups is 2. The van der Waals surface area contributed by atoms with E-state index in [1.807, 2.05) is 4.90 Å². The molecule has 22 heavy (non-hydrogen) atoms. The monoisotopic (exact) mass is 310 g/mol. The van der Waals surface area contributed by atoms with Crippen molar-refractivity contribution in [1.29, 1.82) is 0 Å². The van der Waals surface area contributed by atoms with Crippen molar-refractivity contribution in [3.63, 3.8) is 0 Å². The first-order valence-corrected chi connectivity index (χ1v) is 8.54. The molecule has 0 aromatic rings. The number of hydrogen-bond donors (Lipinski definition) is 3. The molecule has 0 radical (unpaired) electrons. The van der Waals surface area contributed by atoms with Gasteiger partial charge in [-0.05, 0) is 24.7 Å². The molecule has 0 saturated carbocycles. The Hall–Kier alpha value is -1.30. The Kier molecular flexibility index (Phi) is 6.49. The van der Waals surface area contributed by atoms with Crippen LogP contribution in [0.2, 0.25) is 0 Å². The molecule has 1 unspecified atom stereocenters. The molecular formula is C16H30N4O2. The molecule has 2 fully saturated rings. The van der Waals surface area contributed by atoms with Crippen molar-refractivity contribution in [2.75, 3.05) is 39.3 Å². The molecule has 0 spiro atoms. The molecule has 6 heteroatoms. The molecular weight excluding hydrogens is 280 g/mol. The lowest BCUT2D eigenvalue weighted by Crippen LogP contribution is -2.49. The number of likely N-dealkylation sites (tertiary alicyclic amines) is 1. The van der Waals surface area contributed by atoms with Crippen molar-refractivity contribution in [2.45, 2.75) is 33.1 Å². The van der Waals surface area contributed by atoms with Gasteiger partial charge in [0.25, 0.3) is 0 Å². The van der Waals surface area contributed by atoms with Crippen molar-refractivity contribution in [2.24, 2.45) is 17.8 Å². The van der Waals surface area contributed by atoms with Gasteiger partial charge in [0.1, 0.15) is 0 Å². The van der Waals surface area contributed by atoms with Gasteiger partial charge in [0.05, 0.1) is 0 Å². The number of nitrogens with one attached hydrogen (secondary N) is 3. The summed E-state index contributed by atoms with van der Waals surface area (Å²) in [5.41, 5.74) is 0. The molecule has 6 nitrogen and oxygen atoms in total. The van der Waals surface area contributed by atoms with Gasteiger partial charge in [0, 0.05) is 51.6 Å². The molecule has 3 N–H and O–H groups in total. The average molecular weight is 310 g/mol. The molecule has 0 aromatic heterocycles. The highest BCUT2D eigenvalue weighted by Crippen LogP contribution is 2.19. The largest absolute Gasteiger partial charge is 0.356 e. The van der Waals surface area contributed by atoms with Gasteiger partial charge in [-0.3, -0.25) is 4.79 Å². The van der Waals surface area contributed by atoms with Crippen LogP contribution in [0.5, 0.6) is 0 Å². The van der Waals surface area contributed by atoms with Crippen LogP contribution in [0, 0.1) is 17.8 Å². The minimum atomic E-state index is 0.0133. The van der Waals surface area contributed by atoms with Crippen molar-refractivity contribution < 1.29 is 9.59 Å². The zero-order valence-corrected chi connectivity index (χ0v) is 13.9. The van der Waals surface area contributed by atoms with E-state index < -0.39 is 0 Å². The van der Waals surface area contributed by atoms with E-state index in [9.17, 15) is 9.59 Å². The van der Waals surface area contributed by atoms with E-state index in [1.54, 1.807) is 0 Å². The Morgan fingerprint density at radius 1 is 1.23 bits per heavy atom. The molecule has 2 rings (SSSR count). The highest BCUT2D eigenvalue weighted by atomic mass is 16.2. The Bertz CT molecular complexity index is 382. The van der Waals surface area contributed by atoms with Crippen LogP contribution in [0.3, 0.4) is 0 Å². The number of hydrogen-bond acceptors (Lipinski definition) is 3. The lowest BCUT2D eigenvalue weighted by molar-refractivity contribution is -0.122. The number of carbonyl (C=O) groups excluding carboxylic acids is 2. The molecule has 1 atom stereocenters. The number of rotatable bonds is 6. The van der Waals surface area contributed by atoms with Crippen LogP contribution in [0.1, 0.15) is 33.1 Å². The molecule has 3 amide bonds. The van der Waals surface area contributed by atoms with E-state index in [0.717, 1.165) is 39.0 Å². The quantitative estimate of drug-likeness (QED) is 0.679. The second kappa shape index (κ2) is 8.36. The summed E-state index contributed by atoms with van der Waals surface area (Å²) in [5, 5.41) is 9.18.